The molecule has 8 heavy (non-hydrogen) atoms. The zero-order valence-electron chi connectivity index (χ0n) is 3.97. The molecule has 0 aliphatic rings. The van der Waals surface area contributed by atoms with Crippen LogP contribution in [0.5, 0.6) is 5.75 Å². The molecule has 1 rings (SSSR count). The molecule has 0 N–H and O–H groups in total. The average molecular weight is 112 g/mol. The van der Waals surface area contributed by atoms with Crippen molar-refractivity contribution in [2.75, 3.05) is 0 Å². The molecule has 1 aromatic rings. The fourth-order valence-electron chi connectivity index (χ4n) is 0.385. The number of hydrogen-bond donors (Lipinski definition) is 0. The van der Waals surface area contributed by atoms with E-state index in [9.17, 15) is 9.50 Å². The number of pyridine rings is 1. The van der Waals surface area contributed by atoms with Gasteiger partial charge in [0, 0.05) is 18.3 Å². The van der Waals surface area contributed by atoms with Gasteiger partial charge in [-0.15, -0.1) is 0 Å². The highest BCUT2D eigenvalue weighted by Crippen LogP contribution is 2.06. The summed E-state index contributed by atoms with van der Waals surface area (Å²) in [5.41, 5.74) is 0. The third kappa shape index (κ3) is 0.932. The van der Waals surface area contributed by atoms with E-state index >= 15 is 0 Å². The minimum absolute atomic E-state index is 0.350. The maximum atomic E-state index is 11.9. The lowest BCUT2D eigenvalue weighted by atomic mass is 10.5. The van der Waals surface area contributed by atoms with Crippen LogP contribution in [0.15, 0.2) is 18.3 Å². The summed E-state index contributed by atoms with van der Waals surface area (Å²) in [5.74, 6) is -1.07. The fourth-order valence-corrected chi connectivity index (χ4v) is 0.385. The molecule has 0 fully saturated rings. The van der Waals surface area contributed by atoms with Crippen molar-refractivity contribution in [1.82, 2.24) is 4.98 Å². The molecule has 1 aromatic heterocycles. The Kier molecular flexibility index (Phi) is 1.12. The predicted molar refractivity (Wildman–Crippen MR) is 24.3 cm³/mol. The highest BCUT2D eigenvalue weighted by molar-refractivity contribution is 5.14. The first-order valence-electron chi connectivity index (χ1n) is 2.07. The van der Waals surface area contributed by atoms with Gasteiger partial charge in [0.1, 0.15) is 0 Å². The van der Waals surface area contributed by atoms with E-state index in [-0.39, 0.29) is 5.75 Å². The largest absolute Gasteiger partial charge is 0.290 e. The molecule has 0 spiro atoms. The lowest BCUT2D eigenvalue weighted by Crippen LogP contribution is -1.75. The van der Waals surface area contributed by atoms with Crippen LogP contribution in [0.25, 0.3) is 0 Å². The second-order valence-electron chi connectivity index (χ2n) is 1.31. The van der Waals surface area contributed by atoms with Gasteiger partial charge >= 0.3 is 0 Å². The van der Waals surface area contributed by atoms with Gasteiger partial charge in [-0.05, 0) is 0 Å². The second-order valence-corrected chi connectivity index (χ2v) is 1.31. The van der Waals surface area contributed by atoms with Crippen LogP contribution in [0, 0.1) is 5.95 Å². The Labute approximate surface area is 45.6 Å². The molecular formula is C5H3FNO. The van der Waals surface area contributed by atoms with Crippen LogP contribution in [0.1, 0.15) is 0 Å². The standard InChI is InChI=1S/C5H3FNO/c6-5-3-4(8)1-2-7-5/h1-3H. The van der Waals surface area contributed by atoms with Crippen molar-refractivity contribution in [3.05, 3.63) is 24.3 Å². The molecule has 41 valence electrons. The second kappa shape index (κ2) is 1.78. The van der Waals surface area contributed by atoms with Gasteiger partial charge in [0.15, 0.2) is 5.75 Å². The smallest absolute Gasteiger partial charge is 0.216 e. The minimum Gasteiger partial charge on any atom is -0.290 e. The van der Waals surface area contributed by atoms with E-state index in [0.717, 1.165) is 12.3 Å². The normalized spacial score (nSPS) is 9.12. The van der Waals surface area contributed by atoms with Crippen LogP contribution >= 0.6 is 0 Å². The van der Waals surface area contributed by atoms with E-state index in [2.05, 4.69) is 4.98 Å². The van der Waals surface area contributed by atoms with E-state index in [1.165, 1.54) is 6.07 Å². The van der Waals surface area contributed by atoms with Crippen molar-refractivity contribution in [1.29, 1.82) is 0 Å². The van der Waals surface area contributed by atoms with Gasteiger partial charge in [-0.1, -0.05) is 0 Å². The molecule has 0 saturated carbocycles. The molecule has 0 atom stereocenters. The summed E-state index contributed by atoms with van der Waals surface area (Å²) in [6, 6.07) is 2.03. The lowest BCUT2D eigenvalue weighted by molar-refractivity contribution is 0.350. The summed E-state index contributed by atoms with van der Waals surface area (Å²) in [5, 5.41) is 10.2. The highest BCUT2D eigenvalue weighted by Gasteiger charge is 1.91. The van der Waals surface area contributed by atoms with Gasteiger partial charge in [0.25, 0.3) is 0 Å². The lowest BCUT2D eigenvalue weighted by Gasteiger charge is -1.82. The topological polar surface area (TPSA) is 32.8 Å². The molecule has 3 heteroatoms. The van der Waals surface area contributed by atoms with Crippen LogP contribution in [0.4, 0.5) is 4.39 Å². The van der Waals surface area contributed by atoms with E-state index < -0.39 is 5.95 Å². The maximum absolute atomic E-state index is 11.9. The first kappa shape index (κ1) is 5.03. The van der Waals surface area contributed by atoms with Gasteiger partial charge in [0.2, 0.25) is 5.95 Å². The first-order chi connectivity index (χ1) is 3.79. The van der Waals surface area contributed by atoms with Gasteiger partial charge in [-0.3, -0.25) is 5.11 Å². The number of halogens is 1. The molecule has 0 bridgehead atoms. The Balaban J connectivity index is 3.08. The van der Waals surface area contributed by atoms with E-state index in [0.29, 0.717) is 0 Å². The van der Waals surface area contributed by atoms with Crippen LogP contribution in [0.2, 0.25) is 0 Å². The zero-order chi connectivity index (χ0) is 5.98. The highest BCUT2D eigenvalue weighted by atomic mass is 19.1. The van der Waals surface area contributed by atoms with Crippen LogP contribution in [0.3, 0.4) is 0 Å². The molecule has 0 aliphatic carbocycles. The summed E-state index contributed by atoms with van der Waals surface area (Å²) in [6.07, 6.45) is 1.14. The Hall–Kier alpha value is -1.12. The van der Waals surface area contributed by atoms with Crippen molar-refractivity contribution >= 4 is 0 Å². The van der Waals surface area contributed by atoms with Crippen LogP contribution < -0.4 is 0 Å². The number of rotatable bonds is 0. The summed E-state index contributed by atoms with van der Waals surface area (Å²) in [4.78, 5) is 3.17. The quantitative estimate of drug-likeness (QED) is 0.466. The van der Waals surface area contributed by atoms with Gasteiger partial charge < -0.3 is 0 Å². The Bertz CT molecular complexity index is 172. The molecule has 0 unspecified atom stereocenters. The summed E-state index contributed by atoms with van der Waals surface area (Å²) < 4.78 is 11.9. The monoisotopic (exact) mass is 112 g/mol. The minimum atomic E-state index is -0.725. The van der Waals surface area contributed by atoms with E-state index in [4.69, 9.17) is 0 Å². The summed E-state index contributed by atoms with van der Waals surface area (Å²) in [6.45, 7) is 0. The molecule has 2 nitrogen and oxygen atoms in total. The zero-order valence-corrected chi connectivity index (χ0v) is 3.97. The van der Waals surface area contributed by atoms with Crippen molar-refractivity contribution in [3.8, 4) is 5.75 Å². The van der Waals surface area contributed by atoms with E-state index in [1.807, 2.05) is 0 Å². The molecule has 1 heterocycles. The third-order valence-corrected chi connectivity index (χ3v) is 0.698. The summed E-state index contributed by atoms with van der Waals surface area (Å²) >= 11 is 0. The van der Waals surface area contributed by atoms with Crippen LogP contribution in [-0.4, -0.2) is 4.98 Å². The molecule has 1 radical (unpaired) electrons. The molecule has 0 saturated heterocycles. The first-order valence-corrected chi connectivity index (χ1v) is 2.07. The van der Waals surface area contributed by atoms with Crippen molar-refractivity contribution in [2.45, 2.75) is 0 Å². The van der Waals surface area contributed by atoms with Crippen molar-refractivity contribution < 1.29 is 9.50 Å². The number of hydrogen-bond acceptors (Lipinski definition) is 1. The SMILES string of the molecule is [O]c1ccnc(F)c1. The molecule has 0 amide bonds. The molecule has 0 aromatic carbocycles. The van der Waals surface area contributed by atoms with Gasteiger partial charge in [-0.25, -0.2) is 4.98 Å². The molecular weight excluding hydrogens is 109 g/mol. The van der Waals surface area contributed by atoms with E-state index in [1.54, 1.807) is 0 Å². The Morgan fingerprint density at radius 3 is 2.75 bits per heavy atom. The Morgan fingerprint density at radius 2 is 2.38 bits per heavy atom. The average Bonchev–Trinajstić information content (AvgIpc) is 1.64. The van der Waals surface area contributed by atoms with Crippen LogP contribution in [-0.2, 0) is 5.11 Å². The van der Waals surface area contributed by atoms with Crippen molar-refractivity contribution in [3.63, 3.8) is 0 Å². The number of nitrogens with zero attached hydrogens (tertiary/aromatic N) is 1. The van der Waals surface area contributed by atoms with Crippen molar-refractivity contribution in [2.24, 2.45) is 0 Å². The van der Waals surface area contributed by atoms with Gasteiger partial charge in [-0.2, -0.15) is 4.39 Å². The Morgan fingerprint density at radius 1 is 1.62 bits per heavy atom. The third-order valence-electron chi connectivity index (χ3n) is 0.698. The number of aromatic nitrogens is 1. The maximum Gasteiger partial charge on any atom is 0.216 e. The molecule has 0 aliphatic heterocycles. The predicted octanol–water partition coefficient (Wildman–Crippen LogP) is 1.36. The fraction of sp³-hybridized carbons (Fsp3) is 0. The van der Waals surface area contributed by atoms with Gasteiger partial charge in [0.05, 0.1) is 0 Å². The summed E-state index contributed by atoms with van der Waals surface area (Å²) in [7, 11) is 0.